The third-order valence-corrected chi connectivity index (χ3v) is 4.98. The quantitative estimate of drug-likeness (QED) is 0.799. The number of carbonyl (C=O) groups is 2. The second-order valence-electron chi connectivity index (χ2n) is 6.79. The molecule has 1 amide bonds. The number of ether oxygens (including phenoxy) is 1. The molecule has 0 N–H and O–H groups in total. The Balaban J connectivity index is 1.70. The zero-order chi connectivity index (χ0) is 16.4. The summed E-state index contributed by atoms with van der Waals surface area (Å²) in [7, 11) is 0. The Kier molecular flexibility index (Phi) is 4.69. The summed E-state index contributed by atoms with van der Waals surface area (Å²) in [5.41, 5.74) is 2.62. The third kappa shape index (κ3) is 3.41. The maximum absolute atomic E-state index is 12.4. The van der Waals surface area contributed by atoms with Crippen LogP contribution in [0.15, 0.2) is 18.2 Å². The maximum Gasteiger partial charge on any atom is 0.338 e. The number of carbonyl (C=O) groups excluding carboxylic acids is 2. The third-order valence-electron chi connectivity index (χ3n) is 4.98. The summed E-state index contributed by atoms with van der Waals surface area (Å²) in [6.45, 7) is 4.80. The van der Waals surface area contributed by atoms with Gasteiger partial charge in [-0.3, -0.25) is 4.79 Å². The number of hydrogen-bond acceptors (Lipinski definition) is 3. The van der Waals surface area contributed by atoms with Crippen LogP contribution in [0.25, 0.3) is 0 Å². The van der Waals surface area contributed by atoms with Crippen LogP contribution in [0.4, 0.5) is 5.69 Å². The molecule has 0 radical (unpaired) electrons. The zero-order valence-electron chi connectivity index (χ0n) is 14.0. The summed E-state index contributed by atoms with van der Waals surface area (Å²) in [6.07, 6.45) is 5.67. The van der Waals surface area contributed by atoms with Gasteiger partial charge in [-0.05, 0) is 55.4 Å². The van der Waals surface area contributed by atoms with Crippen molar-refractivity contribution in [3.05, 3.63) is 29.3 Å². The van der Waals surface area contributed by atoms with Gasteiger partial charge in [0.1, 0.15) is 6.10 Å². The van der Waals surface area contributed by atoms with E-state index in [1.54, 1.807) is 6.07 Å². The summed E-state index contributed by atoms with van der Waals surface area (Å²) in [6, 6.07) is 5.57. The van der Waals surface area contributed by atoms with Gasteiger partial charge in [0.2, 0.25) is 5.91 Å². The van der Waals surface area contributed by atoms with Gasteiger partial charge in [0.15, 0.2) is 0 Å². The molecule has 0 aromatic heterocycles. The summed E-state index contributed by atoms with van der Waals surface area (Å²) >= 11 is 0. The Morgan fingerprint density at radius 3 is 2.87 bits per heavy atom. The van der Waals surface area contributed by atoms with Gasteiger partial charge in [-0.1, -0.05) is 20.3 Å². The molecule has 1 aliphatic carbocycles. The first-order chi connectivity index (χ1) is 11.1. The van der Waals surface area contributed by atoms with E-state index in [-0.39, 0.29) is 18.0 Å². The summed E-state index contributed by atoms with van der Waals surface area (Å²) in [5.74, 6) is 0.539. The lowest BCUT2D eigenvalue weighted by Crippen LogP contribution is -2.27. The van der Waals surface area contributed by atoms with Crippen LogP contribution in [0.3, 0.4) is 0 Å². The Bertz CT molecular complexity index is 611. The first-order valence-electron chi connectivity index (χ1n) is 8.72. The molecule has 1 aromatic carbocycles. The van der Waals surface area contributed by atoms with E-state index in [2.05, 4.69) is 6.92 Å². The van der Waals surface area contributed by atoms with E-state index >= 15 is 0 Å². The molecule has 4 nitrogen and oxygen atoms in total. The molecule has 3 rings (SSSR count). The van der Waals surface area contributed by atoms with Crippen LogP contribution in [0, 0.1) is 5.92 Å². The van der Waals surface area contributed by atoms with Gasteiger partial charge in [0.25, 0.3) is 0 Å². The number of nitrogens with zero attached hydrogens (tertiary/aromatic N) is 1. The van der Waals surface area contributed by atoms with Gasteiger partial charge in [-0.25, -0.2) is 4.79 Å². The summed E-state index contributed by atoms with van der Waals surface area (Å²) in [4.78, 5) is 26.1. The van der Waals surface area contributed by atoms with Crippen LogP contribution in [0.1, 0.15) is 61.9 Å². The molecule has 0 saturated heterocycles. The number of hydrogen-bond donors (Lipinski definition) is 0. The Morgan fingerprint density at radius 2 is 2.13 bits per heavy atom. The van der Waals surface area contributed by atoms with Crippen molar-refractivity contribution in [3.63, 3.8) is 0 Å². The molecule has 4 heteroatoms. The van der Waals surface area contributed by atoms with Crippen molar-refractivity contribution in [2.24, 2.45) is 5.92 Å². The van der Waals surface area contributed by atoms with E-state index in [0.29, 0.717) is 24.4 Å². The van der Waals surface area contributed by atoms with Crippen molar-refractivity contribution in [1.29, 1.82) is 0 Å². The number of benzene rings is 1. The predicted molar refractivity (Wildman–Crippen MR) is 89.6 cm³/mol. The van der Waals surface area contributed by atoms with E-state index in [0.717, 1.165) is 36.9 Å². The van der Waals surface area contributed by atoms with Gasteiger partial charge < -0.3 is 9.64 Å². The lowest BCUT2D eigenvalue weighted by Gasteiger charge is -2.26. The first-order valence-corrected chi connectivity index (χ1v) is 8.72. The topological polar surface area (TPSA) is 46.6 Å². The van der Waals surface area contributed by atoms with Crippen LogP contribution in [-0.2, 0) is 16.0 Å². The van der Waals surface area contributed by atoms with Crippen LogP contribution in [0.2, 0.25) is 0 Å². The zero-order valence-corrected chi connectivity index (χ0v) is 14.0. The first kappa shape index (κ1) is 16.0. The van der Waals surface area contributed by atoms with Crippen molar-refractivity contribution in [2.75, 3.05) is 11.4 Å². The van der Waals surface area contributed by atoms with Crippen LogP contribution in [-0.4, -0.2) is 24.5 Å². The van der Waals surface area contributed by atoms with Crippen molar-refractivity contribution in [3.8, 4) is 0 Å². The number of amides is 1. The van der Waals surface area contributed by atoms with E-state index in [9.17, 15) is 9.59 Å². The predicted octanol–water partition coefficient (Wildman–Crippen LogP) is 3.72. The fraction of sp³-hybridized carbons (Fsp3) is 0.579. The standard InChI is InChI=1S/C19H25NO3/c1-3-18(21)20-10-9-14-12-15(7-8-17(14)20)19(22)23-16-6-4-5-13(2)11-16/h7-8,12-13,16H,3-6,9-11H2,1-2H3. The van der Waals surface area contributed by atoms with Crippen molar-refractivity contribution in [1.82, 2.24) is 0 Å². The molecule has 0 bridgehead atoms. The molecule has 1 aliphatic heterocycles. The van der Waals surface area contributed by atoms with Crippen LogP contribution >= 0.6 is 0 Å². The Hall–Kier alpha value is -1.84. The maximum atomic E-state index is 12.4. The monoisotopic (exact) mass is 315 g/mol. The molecule has 1 fully saturated rings. The van der Waals surface area contributed by atoms with Gasteiger partial charge >= 0.3 is 5.97 Å². The molecular formula is C19H25NO3. The van der Waals surface area contributed by atoms with Crippen LogP contribution < -0.4 is 4.90 Å². The molecule has 0 spiro atoms. The lowest BCUT2D eigenvalue weighted by molar-refractivity contribution is -0.118. The van der Waals surface area contributed by atoms with Gasteiger partial charge in [-0.2, -0.15) is 0 Å². The van der Waals surface area contributed by atoms with E-state index in [1.165, 1.54) is 6.42 Å². The average molecular weight is 315 g/mol. The SMILES string of the molecule is CCC(=O)N1CCc2cc(C(=O)OC3CCCC(C)C3)ccc21. The van der Waals surface area contributed by atoms with Gasteiger partial charge in [-0.15, -0.1) is 0 Å². The highest BCUT2D eigenvalue weighted by Crippen LogP contribution is 2.30. The highest BCUT2D eigenvalue weighted by Gasteiger charge is 2.26. The van der Waals surface area contributed by atoms with E-state index in [1.807, 2.05) is 24.0 Å². The Labute approximate surface area is 137 Å². The largest absolute Gasteiger partial charge is 0.459 e. The smallest absolute Gasteiger partial charge is 0.338 e. The van der Waals surface area contributed by atoms with Crippen molar-refractivity contribution in [2.45, 2.75) is 58.5 Å². The van der Waals surface area contributed by atoms with Gasteiger partial charge in [0, 0.05) is 18.7 Å². The lowest BCUT2D eigenvalue weighted by atomic mass is 9.89. The highest BCUT2D eigenvalue weighted by atomic mass is 16.5. The van der Waals surface area contributed by atoms with E-state index < -0.39 is 0 Å². The fourth-order valence-corrected chi connectivity index (χ4v) is 3.68. The fourth-order valence-electron chi connectivity index (χ4n) is 3.68. The van der Waals surface area contributed by atoms with Crippen LogP contribution in [0.5, 0.6) is 0 Å². The second-order valence-corrected chi connectivity index (χ2v) is 6.79. The minimum Gasteiger partial charge on any atom is -0.459 e. The average Bonchev–Trinajstić information content (AvgIpc) is 2.97. The number of esters is 1. The molecule has 2 unspecified atom stereocenters. The summed E-state index contributed by atoms with van der Waals surface area (Å²) in [5, 5.41) is 0. The minimum atomic E-state index is -0.229. The molecule has 1 aromatic rings. The molecular weight excluding hydrogens is 290 g/mol. The Morgan fingerprint density at radius 1 is 1.30 bits per heavy atom. The second kappa shape index (κ2) is 6.73. The number of rotatable bonds is 3. The van der Waals surface area contributed by atoms with Crippen molar-refractivity contribution >= 4 is 17.6 Å². The normalized spacial score (nSPS) is 23.5. The van der Waals surface area contributed by atoms with Gasteiger partial charge in [0.05, 0.1) is 5.56 Å². The molecule has 1 saturated carbocycles. The minimum absolute atomic E-state index is 0.0534. The molecule has 23 heavy (non-hydrogen) atoms. The van der Waals surface area contributed by atoms with Crippen molar-refractivity contribution < 1.29 is 14.3 Å². The highest BCUT2D eigenvalue weighted by molar-refractivity contribution is 5.97. The molecule has 1 heterocycles. The molecule has 2 atom stereocenters. The number of fused-ring (bicyclic) bond motifs is 1. The number of anilines is 1. The molecule has 2 aliphatic rings. The van der Waals surface area contributed by atoms with E-state index in [4.69, 9.17) is 4.74 Å². The summed E-state index contributed by atoms with van der Waals surface area (Å²) < 4.78 is 5.68. The molecule has 124 valence electrons.